The predicted molar refractivity (Wildman–Crippen MR) is 81.8 cm³/mol. The van der Waals surface area contributed by atoms with E-state index in [4.69, 9.17) is 5.11 Å². The van der Waals surface area contributed by atoms with Gasteiger partial charge in [-0.3, -0.25) is 4.79 Å². The van der Waals surface area contributed by atoms with Crippen LogP contribution in [0.25, 0.3) is 0 Å². The zero-order chi connectivity index (χ0) is 15.2. The minimum atomic E-state index is -0.826. The third kappa shape index (κ3) is 4.15. The number of nitrogens with one attached hydrogen (secondary N) is 1. The number of anilines is 1. The van der Waals surface area contributed by atoms with E-state index in [0.717, 1.165) is 11.1 Å². The largest absolute Gasteiger partial charge is 0.392 e. The van der Waals surface area contributed by atoms with Crippen LogP contribution in [0.5, 0.6) is 0 Å². The van der Waals surface area contributed by atoms with E-state index in [1.807, 2.05) is 37.3 Å². The standard InChI is InChI=1S/C17H19NO3/c1-12-7-8-13(11-19)9-15(12)18-17(21)10-16(20)14-5-3-2-4-6-14/h2-9,16,19-20H,10-11H2,1H3,(H,18,21). The van der Waals surface area contributed by atoms with Gasteiger partial charge in [0.15, 0.2) is 0 Å². The van der Waals surface area contributed by atoms with Crippen LogP contribution in [-0.2, 0) is 11.4 Å². The molecule has 0 fully saturated rings. The van der Waals surface area contributed by atoms with Crippen LogP contribution in [-0.4, -0.2) is 16.1 Å². The van der Waals surface area contributed by atoms with Crippen LogP contribution in [0.1, 0.15) is 29.2 Å². The molecule has 0 radical (unpaired) electrons. The van der Waals surface area contributed by atoms with Gasteiger partial charge in [0.25, 0.3) is 0 Å². The van der Waals surface area contributed by atoms with E-state index in [9.17, 15) is 9.90 Å². The lowest BCUT2D eigenvalue weighted by Gasteiger charge is -2.13. The second-order valence-electron chi connectivity index (χ2n) is 4.99. The van der Waals surface area contributed by atoms with Crippen molar-refractivity contribution in [1.29, 1.82) is 0 Å². The summed E-state index contributed by atoms with van der Waals surface area (Å²) in [5.74, 6) is -0.260. The van der Waals surface area contributed by atoms with Crippen LogP contribution in [0.15, 0.2) is 48.5 Å². The Kier molecular flexibility index (Phi) is 5.09. The summed E-state index contributed by atoms with van der Waals surface area (Å²) in [4.78, 5) is 12.0. The van der Waals surface area contributed by atoms with Crippen molar-refractivity contribution in [2.24, 2.45) is 0 Å². The van der Waals surface area contributed by atoms with Gasteiger partial charge in [-0.1, -0.05) is 42.5 Å². The maximum absolute atomic E-state index is 12.0. The molecule has 0 aliphatic carbocycles. The minimum Gasteiger partial charge on any atom is -0.392 e. The number of aliphatic hydroxyl groups is 2. The number of carbonyl (C=O) groups excluding carboxylic acids is 1. The molecule has 0 heterocycles. The molecule has 0 saturated heterocycles. The van der Waals surface area contributed by atoms with E-state index in [1.165, 1.54) is 0 Å². The number of aliphatic hydroxyl groups excluding tert-OH is 2. The van der Waals surface area contributed by atoms with E-state index in [2.05, 4.69) is 5.32 Å². The molecular formula is C17H19NO3. The molecule has 0 aliphatic heterocycles. The fraction of sp³-hybridized carbons (Fsp3) is 0.235. The summed E-state index contributed by atoms with van der Waals surface area (Å²) < 4.78 is 0. The first kappa shape index (κ1) is 15.2. The lowest BCUT2D eigenvalue weighted by atomic mass is 10.1. The highest BCUT2D eigenvalue weighted by Gasteiger charge is 2.13. The van der Waals surface area contributed by atoms with Gasteiger partial charge in [0.2, 0.25) is 5.91 Å². The van der Waals surface area contributed by atoms with E-state index in [-0.39, 0.29) is 18.9 Å². The Balaban J connectivity index is 2.02. The van der Waals surface area contributed by atoms with Gasteiger partial charge in [-0.2, -0.15) is 0 Å². The number of amides is 1. The molecule has 3 N–H and O–H groups in total. The fourth-order valence-electron chi connectivity index (χ4n) is 2.07. The Morgan fingerprint density at radius 1 is 1.19 bits per heavy atom. The first-order valence-electron chi connectivity index (χ1n) is 6.83. The van der Waals surface area contributed by atoms with Crippen molar-refractivity contribution in [2.75, 3.05) is 5.32 Å². The average molecular weight is 285 g/mol. The van der Waals surface area contributed by atoms with Crippen LogP contribution < -0.4 is 5.32 Å². The number of hydrogen-bond donors (Lipinski definition) is 3. The third-order valence-corrected chi connectivity index (χ3v) is 3.32. The zero-order valence-electron chi connectivity index (χ0n) is 11.9. The summed E-state index contributed by atoms with van der Waals surface area (Å²) in [6.07, 6.45) is -0.833. The quantitative estimate of drug-likeness (QED) is 0.790. The molecule has 110 valence electrons. The number of aryl methyl sites for hydroxylation is 1. The van der Waals surface area contributed by atoms with Crippen molar-refractivity contribution in [3.05, 3.63) is 65.2 Å². The molecule has 0 aliphatic rings. The zero-order valence-corrected chi connectivity index (χ0v) is 11.9. The van der Waals surface area contributed by atoms with E-state index < -0.39 is 6.10 Å². The number of benzene rings is 2. The van der Waals surface area contributed by atoms with Gasteiger partial charge in [0.05, 0.1) is 19.1 Å². The van der Waals surface area contributed by atoms with Gasteiger partial charge in [-0.05, 0) is 29.7 Å². The van der Waals surface area contributed by atoms with Crippen LogP contribution in [0, 0.1) is 6.92 Å². The minimum absolute atomic E-state index is 0.00714. The highest BCUT2D eigenvalue weighted by Crippen LogP contribution is 2.20. The monoisotopic (exact) mass is 285 g/mol. The van der Waals surface area contributed by atoms with Crippen LogP contribution in [0.4, 0.5) is 5.69 Å². The summed E-state index contributed by atoms with van der Waals surface area (Å²) in [7, 11) is 0. The van der Waals surface area contributed by atoms with Crippen LogP contribution in [0.3, 0.4) is 0 Å². The summed E-state index contributed by atoms with van der Waals surface area (Å²) in [5, 5.41) is 21.9. The summed E-state index contributed by atoms with van der Waals surface area (Å²) in [6.45, 7) is 1.81. The predicted octanol–water partition coefficient (Wildman–Crippen LogP) is 2.55. The highest BCUT2D eigenvalue weighted by molar-refractivity contribution is 5.92. The van der Waals surface area contributed by atoms with Crippen molar-refractivity contribution in [2.45, 2.75) is 26.1 Å². The lowest BCUT2D eigenvalue weighted by Crippen LogP contribution is -2.16. The topological polar surface area (TPSA) is 69.6 Å². The maximum atomic E-state index is 12.0. The number of carbonyl (C=O) groups is 1. The Bertz CT molecular complexity index is 611. The second kappa shape index (κ2) is 7.02. The Morgan fingerprint density at radius 2 is 1.90 bits per heavy atom. The highest BCUT2D eigenvalue weighted by atomic mass is 16.3. The van der Waals surface area contributed by atoms with Crippen LogP contribution >= 0.6 is 0 Å². The van der Waals surface area contributed by atoms with Crippen molar-refractivity contribution >= 4 is 11.6 Å². The van der Waals surface area contributed by atoms with Gasteiger partial charge in [0.1, 0.15) is 0 Å². The first-order valence-corrected chi connectivity index (χ1v) is 6.83. The Labute approximate surface area is 124 Å². The molecule has 1 atom stereocenters. The normalized spacial score (nSPS) is 12.0. The maximum Gasteiger partial charge on any atom is 0.227 e. The molecule has 1 unspecified atom stereocenters. The molecule has 1 amide bonds. The average Bonchev–Trinajstić information content (AvgIpc) is 2.50. The fourth-order valence-corrected chi connectivity index (χ4v) is 2.07. The first-order chi connectivity index (χ1) is 10.1. The molecule has 21 heavy (non-hydrogen) atoms. The van der Waals surface area contributed by atoms with E-state index in [0.29, 0.717) is 11.3 Å². The Morgan fingerprint density at radius 3 is 2.57 bits per heavy atom. The molecule has 0 bridgehead atoms. The van der Waals surface area contributed by atoms with Crippen molar-refractivity contribution in [3.8, 4) is 0 Å². The van der Waals surface area contributed by atoms with Crippen molar-refractivity contribution < 1.29 is 15.0 Å². The summed E-state index contributed by atoms with van der Waals surface area (Å²) >= 11 is 0. The van der Waals surface area contributed by atoms with Gasteiger partial charge in [-0.15, -0.1) is 0 Å². The van der Waals surface area contributed by atoms with Gasteiger partial charge >= 0.3 is 0 Å². The number of hydrogen-bond acceptors (Lipinski definition) is 3. The van der Waals surface area contributed by atoms with E-state index in [1.54, 1.807) is 18.2 Å². The Hall–Kier alpha value is -2.17. The lowest BCUT2D eigenvalue weighted by molar-refractivity contribution is -0.118. The molecule has 4 nitrogen and oxygen atoms in total. The van der Waals surface area contributed by atoms with Gasteiger partial charge in [-0.25, -0.2) is 0 Å². The van der Waals surface area contributed by atoms with Crippen molar-refractivity contribution in [1.82, 2.24) is 0 Å². The molecule has 4 heteroatoms. The second-order valence-corrected chi connectivity index (χ2v) is 4.99. The third-order valence-electron chi connectivity index (χ3n) is 3.32. The number of rotatable bonds is 5. The summed E-state index contributed by atoms with van der Waals surface area (Å²) in [5.41, 5.74) is 3.02. The van der Waals surface area contributed by atoms with Gasteiger partial charge in [0, 0.05) is 5.69 Å². The molecule has 2 rings (SSSR count). The van der Waals surface area contributed by atoms with Crippen LogP contribution in [0.2, 0.25) is 0 Å². The molecule has 0 aromatic heterocycles. The molecular weight excluding hydrogens is 266 g/mol. The molecule has 2 aromatic rings. The van der Waals surface area contributed by atoms with E-state index >= 15 is 0 Å². The van der Waals surface area contributed by atoms with Crippen molar-refractivity contribution in [3.63, 3.8) is 0 Å². The molecule has 2 aromatic carbocycles. The SMILES string of the molecule is Cc1ccc(CO)cc1NC(=O)CC(O)c1ccccc1. The smallest absolute Gasteiger partial charge is 0.227 e. The summed E-state index contributed by atoms with van der Waals surface area (Å²) in [6, 6.07) is 14.5. The molecule has 0 spiro atoms. The van der Waals surface area contributed by atoms with Gasteiger partial charge < -0.3 is 15.5 Å². The molecule has 0 saturated carbocycles.